The van der Waals surface area contributed by atoms with E-state index in [0.29, 0.717) is 23.4 Å². The van der Waals surface area contributed by atoms with E-state index in [1.807, 2.05) is 6.92 Å². The lowest BCUT2D eigenvalue weighted by atomic mass is 9.55. The Hall–Kier alpha value is -2.28. The number of nitrogens with zero attached hydrogens (tertiary/aromatic N) is 1. The van der Waals surface area contributed by atoms with Crippen LogP contribution >= 0.6 is 0 Å². The van der Waals surface area contributed by atoms with Gasteiger partial charge in [-0.25, -0.2) is 9.59 Å². The Balaban J connectivity index is 1.44. The zero-order chi connectivity index (χ0) is 19.0. The molecule has 1 spiro atoms. The Bertz CT molecular complexity index is 894. The van der Waals surface area contributed by atoms with E-state index in [9.17, 15) is 9.59 Å². The first-order valence-electron chi connectivity index (χ1n) is 9.82. The van der Waals surface area contributed by atoms with Crippen molar-refractivity contribution in [3.8, 4) is 0 Å². The van der Waals surface area contributed by atoms with Crippen molar-refractivity contribution in [3.05, 3.63) is 28.7 Å². The van der Waals surface area contributed by atoms with Gasteiger partial charge in [-0.3, -0.25) is 4.57 Å². The van der Waals surface area contributed by atoms with Crippen LogP contribution in [-0.4, -0.2) is 29.4 Å². The fourth-order valence-corrected chi connectivity index (χ4v) is 4.80. The van der Waals surface area contributed by atoms with Crippen LogP contribution in [-0.2, 0) is 11.8 Å². The van der Waals surface area contributed by atoms with Crippen molar-refractivity contribution in [2.45, 2.75) is 57.6 Å². The van der Waals surface area contributed by atoms with Gasteiger partial charge in [0.2, 0.25) is 0 Å². The van der Waals surface area contributed by atoms with Crippen molar-refractivity contribution in [1.82, 2.24) is 9.88 Å². The molecule has 2 N–H and O–H groups in total. The molecule has 0 radical (unpaired) electrons. The number of ether oxygens (including phenoxy) is 1. The van der Waals surface area contributed by atoms with Gasteiger partial charge in [0, 0.05) is 36.9 Å². The van der Waals surface area contributed by atoms with Gasteiger partial charge in [0.15, 0.2) is 5.58 Å². The predicted octanol–water partition coefficient (Wildman–Crippen LogP) is 3.38. The van der Waals surface area contributed by atoms with Crippen molar-refractivity contribution in [2.75, 3.05) is 11.9 Å². The maximum Gasteiger partial charge on any atom is 0.419 e. The topological polar surface area (TPSA) is 85.5 Å². The van der Waals surface area contributed by atoms with Crippen LogP contribution in [0.4, 0.5) is 10.5 Å². The molecule has 1 heterocycles. The van der Waals surface area contributed by atoms with Crippen LogP contribution in [0.1, 0.15) is 45.4 Å². The first-order chi connectivity index (χ1) is 13.0. The minimum atomic E-state index is -0.415. The Kier molecular flexibility index (Phi) is 4.72. The summed E-state index contributed by atoms with van der Waals surface area (Å²) in [5.74, 6) is -0.415. The molecule has 27 heavy (non-hydrogen) atoms. The SMILES string of the molecule is CCO[C@@H]1C[C@H](NC(=O)Nc2ccc3c(c2)oc(=O)n3C)C12CCCCC2. The average molecular weight is 373 g/mol. The highest BCUT2D eigenvalue weighted by molar-refractivity contribution is 5.91. The molecule has 2 aliphatic rings. The number of fused-ring (bicyclic) bond motifs is 1. The quantitative estimate of drug-likeness (QED) is 0.860. The zero-order valence-corrected chi connectivity index (χ0v) is 15.9. The maximum absolute atomic E-state index is 12.6. The molecule has 4 rings (SSSR count). The van der Waals surface area contributed by atoms with Crippen LogP contribution in [0.3, 0.4) is 0 Å². The normalized spacial score (nSPS) is 23.9. The fourth-order valence-electron chi connectivity index (χ4n) is 4.80. The minimum absolute atomic E-state index is 0.0851. The third kappa shape index (κ3) is 3.14. The van der Waals surface area contributed by atoms with Crippen LogP contribution in [0.25, 0.3) is 11.1 Å². The average Bonchev–Trinajstić information content (AvgIpc) is 2.95. The molecule has 2 saturated carbocycles. The third-order valence-electron chi connectivity index (χ3n) is 6.29. The van der Waals surface area contributed by atoms with Gasteiger partial charge in [0.25, 0.3) is 0 Å². The number of hydrogen-bond donors (Lipinski definition) is 2. The second-order valence-corrected chi connectivity index (χ2v) is 7.73. The number of nitrogens with one attached hydrogen (secondary N) is 2. The summed E-state index contributed by atoms with van der Waals surface area (Å²) in [5.41, 5.74) is 1.85. The van der Waals surface area contributed by atoms with Crippen molar-refractivity contribution < 1.29 is 13.9 Å². The Morgan fingerprint density at radius 3 is 2.85 bits per heavy atom. The van der Waals surface area contributed by atoms with Gasteiger partial charge < -0.3 is 19.8 Å². The van der Waals surface area contributed by atoms with Crippen LogP contribution in [0.5, 0.6) is 0 Å². The molecule has 1 aromatic carbocycles. The van der Waals surface area contributed by atoms with E-state index in [2.05, 4.69) is 10.6 Å². The van der Waals surface area contributed by atoms with Crippen LogP contribution in [0, 0.1) is 5.41 Å². The van der Waals surface area contributed by atoms with Gasteiger partial charge >= 0.3 is 11.8 Å². The van der Waals surface area contributed by atoms with Gasteiger partial charge in [0.05, 0.1) is 11.6 Å². The second kappa shape index (κ2) is 7.03. The molecule has 2 atom stereocenters. The molecule has 0 bridgehead atoms. The number of rotatable bonds is 4. The lowest BCUT2D eigenvalue weighted by Gasteiger charge is -2.57. The summed E-state index contributed by atoms with van der Waals surface area (Å²) in [6.45, 7) is 2.75. The van der Waals surface area contributed by atoms with Gasteiger partial charge in [0.1, 0.15) is 0 Å². The molecule has 0 saturated heterocycles. The molecule has 7 heteroatoms. The largest absolute Gasteiger partial charge is 0.419 e. The fraction of sp³-hybridized carbons (Fsp3) is 0.600. The molecule has 2 amide bonds. The number of anilines is 1. The number of carbonyl (C=O) groups excluding carboxylic acids is 1. The highest BCUT2D eigenvalue weighted by atomic mass is 16.5. The van der Waals surface area contributed by atoms with E-state index in [1.54, 1.807) is 25.2 Å². The van der Waals surface area contributed by atoms with Gasteiger partial charge in [-0.05, 0) is 38.3 Å². The van der Waals surface area contributed by atoms with Gasteiger partial charge in [-0.2, -0.15) is 0 Å². The van der Waals surface area contributed by atoms with E-state index in [0.717, 1.165) is 19.3 Å². The number of aromatic nitrogens is 1. The molecule has 2 aliphatic carbocycles. The minimum Gasteiger partial charge on any atom is -0.408 e. The molecular formula is C20H27N3O4. The summed E-state index contributed by atoms with van der Waals surface area (Å²) in [7, 11) is 1.66. The smallest absolute Gasteiger partial charge is 0.408 e. The summed E-state index contributed by atoms with van der Waals surface area (Å²) in [4.78, 5) is 24.2. The monoisotopic (exact) mass is 373 g/mol. The molecular weight excluding hydrogens is 346 g/mol. The number of oxazole rings is 1. The number of benzene rings is 1. The molecule has 146 valence electrons. The van der Waals surface area contributed by atoms with Crippen LogP contribution in [0.15, 0.2) is 27.4 Å². The number of carbonyl (C=O) groups is 1. The van der Waals surface area contributed by atoms with Crippen molar-refractivity contribution in [1.29, 1.82) is 0 Å². The molecule has 0 unspecified atom stereocenters. The van der Waals surface area contributed by atoms with Gasteiger partial charge in [-0.15, -0.1) is 0 Å². The lowest BCUT2D eigenvalue weighted by Crippen LogP contribution is -2.65. The second-order valence-electron chi connectivity index (χ2n) is 7.73. The molecule has 0 aliphatic heterocycles. The number of amides is 2. The summed E-state index contributed by atoms with van der Waals surface area (Å²) in [6.07, 6.45) is 7.02. The lowest BCUT2D eigenvalue weighted by molar-refractivity contribution is -0.146. The molecule has 1 aromatic heterocycles. The van der Waals surface area contributed by atoms with Crippen LogP contribution < -0.4 is 16.4 Å². The van der Waals surface area contributed by atoms with E-state index >= 15 is 0 Å². The van der Waals surface area contributed by atoms with E-state index in [-0.39, 0.29) is 23.6 Å². The first kappa shape index (κ1) is 18.1. The predicted molar refractivity (Wildman–Crippen MR) is 103 cm³/mol. The zero-order valence-electron chi connectivity index (χ0n) is 15.9. The highest BCUT2D eigenvalue weighted by Crippen LogP contribution is 2.53. The molecule has 2 aromatic rings. The number of hydrogen-bond acceptors (Lipinski definition) is 4. The Morgan fingerprint density at radius 2 is 2.11 bits per heavy atom. The van der Waals surface area contributed by atoms with Crippen molar-refractivity contribution in [2.24, 2.45) is 12.5 Å². The van der Waals surface area contributed by atoms with Crippen molar-refractivity contribution >= 4 is 22.8 Å². The maximum atomic E-state index is 12.6. The van der Waals surface area contributed by atoms with Crippen LogP contribution in [0.2, 0.25) is 0 Å². The molecule has 7 nitrogen and oxygen atoms in total. The summed E-state index contributed by atoms with van der Waals surface area (Å²) in [6, 6.07) is 5.14. The summed E-state index contributed by atoms with van der Waals surface area (Å²) >= 11 is 0. The van der Waals surface area contributed by atoms with E-state index < -0.39 is 5.76 Å². The summed E-state index contributed by atoms with van der Waals surface area (Å²) < 4.78 is 12.6. The highest BCUT2D eigenvalue weighted by Gasteiger charge is 2.56. The van der Waals surface area contributed by atoms with Crippen molar-refractivity contribution in [3.63, 3.8) is 0 Å². The number of aryl methyl sites for hydroxylation is 1. The Morgan fingerprint density at radius 1 is 1.33 bits per heavy atom. The van der Waals surface area contributed by atoms with E-state index in [4.69, 9.17) is 9.15 Å². The Labute approximate surface area is 158 Å². The summed E-state index contributed by atoms with van der Waals surface area (Å²) in [5, 5.41) is 6.02. The third-order valence-corrected chi connectivity index (χ3v) is 6.29. The van der Waals surface area contributed by atoms with E-state index in [1.165, 1.54) is 23.8 Å². The standard InChI is InChI=1S/C20H27N3O4/c1-3-26-17-12-16(20(17)9-5-4-6-10-20)22-18(24)21-13-7-8-14-15(11-13)27-19(25)23(14)2/h7-8,11,16-17H,3-6,9-10,12H2,1-2H3,(H2,21,22,24)/t16-,17+/m0/s1. The number of urea groups is 1. The first-order valence-corrected chi connectivity index (χ1v) is 9.82. The van der Waals surface area contributed by atoms with Gasteiger partial charge in [-0.1, -0.05) is 19.3 Å². The molecule has 2 fully saturated rings.